The lowest BCUT2D eigenvalue weighted by Gasteiger charge is -2.10. The molecule has 0 spiro atoms. The zero-order valence-electron chi connectivity index (χ0n) is 14.9. The molecule has 3 rings (SSSR count). The molecule has 2 N–H and O–H groups in total. The SMILES string of the molecule is C=CCNC(=O)c1sc2nc(C)cc(C)c2c1NC(=O)c1ccccc1Cl. The van der Waals surface area contributed by atoms with Crippen molar-refractivity contribution >= 4 is 50.7 Å². The van der Waals surface area contributed by atoms with Gasteiger partial charge in [0, 0.05) is 17.6 Å². The molecule has 0 aliphatic rings. The second-order valence-electron chi connectivity index (χ2n) is 6.00. The van der Waals surface area contributed by atoms with Crippen molar-refractivity contribution in [1.82, 2.24) is 10.3 Å². The fourth-order valence-corrected chi connectivity index (χ4v) is 4.18. The van der Waals surface area contributed by atoms with Crippen LogP contribution < -0.4 is 10.6 Å². The fraction of sp³-hybridized carbons (Fsp3) is 0.150. The minimum atomic E-state index is -0.377. The Kier molecular flexibility index (Phi) is 5.58. The van der Waals surface area contributed by atoms with Crippen LogP contribution in [0.3, 0.4) is 0 Å². The summed E-state index contributed by atoms with van der Waals surface area (Å²) < 4.78 is 0. The molecule has 0 saturated carbocycles. The Labute approximate surface area is 166 Å². The van der Waals surface area contributed by atoms with E-state index in [0.29, 0.717) is 32.5 Å². The molecule has 0 aliphatic heterocycles. The number of amides is 2. The molecule has 1 aromatic carbocycles. The number of hydrogen-bond acceptors (Lipinski definition) is 4. The summed E-state index contributed by atoms with van der Waals surface area (Å²) in [6, 6.07) is 8.70. The first-order valence-corrected chi connectivity index (χ1v) is 9.47. The highest BCUT2D eigenvalue weighted by atomic mass is 35.5. The molecule has 5 nitrogen and oxygen atoms in total. The van der Waals surface area contributed by atoms with Gasteiger partial charge in [0.15, 0.2) is 0 Å². The van der Waals surface area contributed by atoms with E-state index >= 15 is 0 Å². The smallest absolute Gasteiger partial charge is 0.263 e. The lowest BCUT2D eigenvalue weighted by atomic mass is 10.1. The molecule has 0 aliphatic carbocycles. The lowest BCUT2D eigenvalue weighted by Crippen LogP contribution is -2.24. The van der Waals surface area contributed by atoms with Crippen LogP contribution in [0.25, 0.3) is 10.2 Å². The number of nitrogens with zero attached hydrogens (tertiary/aromatic N) is 1. The van der Waals surface area contributed by atoms with Gasteiger partial charge in [-0.15, -0.1) is 17.9 Å². The number of nitrogens with one attached hydrogen (secondary N) is 2. The number of benzene rings is 1. The first-order chi connectivity index (χ1) is 12.9. The number of aromatic nitrogens is 1. The van der Waals surface area contributed by atoms with Gasteiger partial charge in [0.25, 0.3) is 11.8 Å². The number of pyridine rings is 1. The standard InChI is InChI=1S/C20H18ClN3O2S/c1-4-9-22-19(26)17-16(15-11(2)10-12(3)23-20(15)27-17)24-18(25)13-7-5-6-8-14(13)21/h4-8,10H,1,9H2,2-3H3,(H,22,26)(H,24,25). The molecule has 27 heavy (non-hydrogen) atoms. The Morgan fingerprint density at radius 2 is 2.00 bits per heavy atom. The average molecular weight is 400 g/mol. The number of hydrogen-bond donors (Lipinski definition) is 2. The van der Waals surface area contributed by atoms with Crippen LogP contribution in [0.4, 0.5) is 5.69 Å². The van der Waals surface area contributed by atoms with Crippen molar-refractivity contribution in [2.24, 2.45) is 0 Å². The van der Waals surface area contributed by atoms with Gasteiger partial charge in [0.1, 0.15) is 9.71 Å². The number of carbonyl (C=O) groups is 2. The van der Waals surface area contributed by atoms with Gasteiger partial charge in [-0.05, 0) is 37.6 Å². The molecule has 2 heterocycles. The van der Waals surface area contributed by atoms with Crippen LogP contribution in [0.15, 0.2) is 43.0 Å². The van der Waals surface area contributed by atoms with Gasteiger partial charge in [-0.1, -0.05) is 29.8 Å². The monoisotopic (exact) mass is 399 g/mol. The minimum Gasteiger partial charge on any atom is -0.348 e. The molecule has 0 saturated heterocycles. The fourth-order valence-electron chi connectivity index (χ4n) is 2.79. The largest absolute Gasteiger partial charge is 0.348 e. The second kappa shape index (κ2) is 7.90. The van der Waals surface area contributed by atoms with Crippen molar-refractivity contribution in [2.75, 3.05) is 11.9 Å². The number of aryl methyl sites for hydroxylation is 2. The summed E-state index contributed by atoms with van der Waals surface area (Å²) in [5.74, 6) is -0.664. The Morgan fingerprint density at radius 3 is 2.70 bits per heavy atom. The second-order valence-corrected chi connectivity index (χ2v) is 7.41. The Bertz CT molecular complexity index is 1060. The molecule has 0 unspecified atom stereocenters. The van der Waals surface area contributed by atoms with Crippen molar-refractivity contribution in [2.45, 2.75) is 13.8 Å². The predicted octanol–water partition coefficient (Wildman–Crippen LogP) is 4.73. The van der Waals surface area contributed by atoms with Gasteiger partial charge in [-0.2, -0.15) is 0 Å². The lowest BCUT2D eigenvalue weighted by molar-refractivity contribution is 0.0963. The minimum absolute atomic E-state index is 0.288. The van der Waals surface area contributed by atoms with Crippen LogP contribution in [0, 0.1) is 13.8 Å². The zero-order valence-corrected chi connectivity index (χ0v) is 16.5. The number of carbonyl (C=O) groups excluding carboxylic acids is 2. The predicted molar refractivity (Wildman–Crippen MR) is 111 cm³/mol. The Balaban J connectivity index is 2.11. The Hall–Kier alpha value is -2.70. The van der Waals surface area contributed by atoms with Gasteiger partial charge < -0.3 is 10.6 Å². The van der Waals surface area contributed by atoms with E-state index in [9.17, 15) is 9.59 Å². The van der Waals surface area contributed by atoms with Crippen molar-refractivity contribution < 1.29 is 9.59 Å². The molecule has 138 valence electrons. The average Bonchev–Trinajstić information content (AvgIpc) is 2.98. The molecule has 3 aromatic rings. The molecular weight excluding hydrogens is 382 g/mol. The molecule has 0 atom stereocenters. The molecule has 0 bridgehead atoms. The van der Waals surface area contributed by atoms with Crippen molar-refractivity contribution in [3.63, 3.8) is 0 Å². The van der Waals surface area contributed by atoms with Gasteiger partial charge in [0.2, 0.25) is 0 Å². The van der Waals surface area contributed by atoms with E-state index in [-0.39, 0.29) is 11.8 Å². The van der Waals surface area contributed by atoms with Crippen LogP contribution in [-0.2, 0) is 0 Å². The molecular formula is C20H18ClN3O2S. The topological polar surface area (TPSA) is 71.1 Å². The van der Waals surface area contributed by atoms with Crippen LogP contribution in [0.2, 0.25) is 5.02 Å². The van der Waals surface area contributed by atoms with Crippen LogP contribution in [0.5, 0.6) is 0 Å². The van der Waals surface area contributed by atoms with E-state index < -0.39 is 0 Å². The van der Waals surface area contributed by atoms with E-state index in [2.05, 4.69) is 22.2 Å². The van der Waals surface area contributed by atoms with Crippen LogP contribution in [-0.4, -0.2) is 23.3 Å². The third-order valence-electron chi connectivity index (χ3n) is 3.96. The maximum Gasteiger partial charge on any atom is 0.263 e. The van der Waals surface area contributed by atoms with E-state index in [1.54, 1.807) is 30.3 Å². The molecule has 7 heteroatoms. The maximum atomic E-state index is 12.8. The summed E-state index contributed by atoms with van der Waals surface area (Å²) in [5, 5.41) is 6.73. The summed E-state index contributed by atoms with van der Waals surface area (Å²) in [5.41, 5.74) is 2.58. The van der Waals surface area contributed by atoms with Gasteiger partial charge in [-0.25, -0.2) is 4.98 Å². The van der Waals surface area contributed by atoms with Crippen LogP contribution in [0.1, 0.15) is 31.3 Å². The van der Waals surface area contributed by atoms with Crippen molar-refractivity contribution in [3.8, 4) is 0 Å². The quantitative estimate of drug-likeness (QED) is 0.609. The first kappa shape index (κ1) is 19.1. The Morgan fingerprint density at radius 1 is 1.26 bits per heavy atom. The normalized spacial score (nSPS) is 10.6. The van der Waals surface area contributed by atoms with Gasteiger partial charge >= 0.3 is 0 Å². The summed E-state index contributed by atoms with van der Waals surface area (Å²) in [6.07, 6.45) is 1.60. The number of halogens is 1. The highest BCUT2D eigenvalue weighted by molar-refractivity contribution is 7.21. The van der Waals surface area contributed by atoms with Gasteiger partial charge in [-0.3, -0.25) is 9.59 Å². The van der Waals surface area contributed by atoms with E-state index in [0.717, 1.165) is 16.6 Å². The summed E-state index contributed by atoms with van der Waals surface area (Å²) >= 11 is 7.39. The number of rotatable bonds is 5. The van der Waals surface area contributed by atoms with E-state index in [1.165, 1.54) is 11.3 Å². The number of thiophene rings is 1. The molecule has 2 amide bonds. The summed E-state index contributed by atoms with van der Waals surface area (Å²) in [7, 11) is 0. The highest BCUT2D eigenvalue weighted by Gasteiger charge is 2.23. The van der Waals surface area contributed by atoms with E-state index in [4.69, 9.17) is 11.6 Å². The zero-order chi connectivity index (χ0) is 19.6. The summed E-state index contributed by atoms with van der Waals surface area (Å²) in [4.78, 5) is 31.0. The molecule has 2 aromatic heterocycles. The van der Waals surface area contributed by atoms with Gasteiger partial charge in [0.05, 0.1) is 16.3 Å². The van der Waals surface area contributed by atoms with Crippen molar-refractivity contribution in [3.05, 3.63) is 69.7 Å². The third kappa shape index (κ3) is 3.86. The third-order valence-corrected chi connectivity index (χ3v) is 5.37. The van der Waals surface area contributed by atoms with Crippen molar-refractivity contribution in [1.29, 1.82) is 0 Å². The maximum absolute atomic E-state index is 12.8. The van der Waals surface area contributed by atoms with E-state index in [1.807, 2.05) is 19.9 Å². The number of fused-ring (bicyclic) bond motifs is 1. The van der Waals surface area contributed by atoms with Crippen LogP contribution >= 0.6 is 22.9 Å². The summed E-state index contributed by atoms with van der Waals surface area (Å²) in [6.45, 7) is 7.76. The number of anilines is 1. The molecule has 0 fully saturated rings. The highest BCUT2D eigenvalue weighted by Crippen LogP contribution is 2.37. The molecule has 0 radical (unpaired) electrons. The first-order valence-electron chi connectivity index (χ1n) is 8.28.